The van der Waals surface area contributed by atoms with Gasteiger partial charge in [-0.25, -0.2) is 0 Å². The van der Waals surface area contributed by atoms with Crippen LogP contribution in [0.1, 0.15) is 88.1 Å². The maximum atomic E-state index is 14.3. The van der Waals surface area contributed by atoms with Gasteiger partial charge in [-0.3, -0.25) is 14.4 Å². The number of amides is 3. The Morgan fingerprint density at radius 2 is 1.74 bits per heavy atom. The van der Waals surface area contributed by atoms with Gasteiger partial charge < -0.3 is 29.7 Å². The van der Waals surface area contributed by atoms with Gasteiger partial charge in [-0.05, 0) is 69.7 Å². The Hall–Kier alpha value is -3.43. The normalized spacial score (nSPS) is 22.6. The highest BCUT2D eigenvalue weighted by Crippen LogP contribution is 2.29. The van der Waals surface area contributed by atoms with E-state index in [1.54, 1.807) is 23.1 Å². The first kappa shape index (κ1) is 35.4. The molecule has 9 nitrogen and oxygen atoms in total. The molecule has 2 N–H and O–H groups in total. The summed E-state index contributed by atoms with van der Waals surface area (Å²) < 4.78 is 12.7. The van der Waals surface area contributed by atoms with Crippen LogP contribution in [0.25, 0.3) is 0 Å². The van der Waals surface area contributed by atoms with E-state index < -0.39 is 6.04 Å². The number of hydrogen-bond acceptors (Lipinski definition) is 6. The first-order valence-electron chi connectivity index (χ1n) is 17.1. The average Bonchev–Trinajstić information content (AvgIpc) is 3.06. The van der Waals surface area contributed by atoms with Crippen molar-refractivity contribution in [3.8, 4) is 5.75 Å². The lowest BCUT2D eigenvalue weighted by Gasteiger charge is -2.36. The summed E-state index contributed by atoms with van der Waals surface area (Å²) in [6.45, 7) is 6.94. The molecule has 0 aromatic heterocycles. The third kappa shape index (κ3) is 10.0. The summed E-state index contributed by atoms with van der Waals surface area (Å²) >= 11 is 0. The smallest absolute Gasteiger partial charge is 0.258 e. The first-order valence-corrected chi connectivity index (χ1v) is 17.1. The maximum absolute atomic E-state index is 14.3. The van der Waals surface area contributed by atoms with Crippen LogP contribution in [0.5, 0.6) is 5.75 Å². The van der Waals surface area contributed by atoms with Gasteiger partial charge in [-0.2, -0.15) is 0 Å². The van der Waals surface area contributed by atoms with Gasteiger partial charge in [0.05, 0.1) is 36.8 Å². The van der Waals surface area contributed by atoms with Gasteiger partial charge in [0.25, 0.3) is 5.91 Å². The van der Waals surface area contributed by atoms with Crippen molar-refractivity contribution in [3.63, 3.8) is 0 Å². The Bertz CT molecular complexity index is 1280. The van der Waals surface area contributed by atoms with E-state index in [4.69, 9.17) is 9.47 Å². The fourth-order valence-electron chi connectivity index (χ4n) is 6.47. The number of anilines is 1. The number of nitrogens with one attached hydrogen (secondary N) is 1. The second kappa shape index (κ2) is 17.5. The molecule has 1 fully saturated rings. The molecule has 0 radical (unpaired) electrons. The third-order valence-electron chi connectivity index (χ3n) is 9.33. The summed E-state index contributed by atoms with van der Waals surface area (Å²) in [4.78, 5) is 44.0. The molecule has 2 aromatic carbocycles. The van der Waals surface area contributed by atoms with Crippen molar-refractivity contribution < 1.29 is 29.0 Å². The summed E-state index contributed by atoms with van der Waals surface area (Å²) in [5.74, 6) is 0.0874. The van der Waals surface area contributed by atoms with Crippen LogP contribution in [-0.4, -0.2) is 84.2 Å². The molecule has 3 amide bonds. The molecule has 2 aliphatic rings. The molecule has 1 saturated carbocycles. The molecule has 46 heavy (non-hydrogen) atoms. The zero-order valence-electron chi connectivity index (χ0n) is 28.1. The topological polar surface area (TPSA) is 108 Å². The van der Waals surface area contributed by atoms with Crippen molar-refractivity contribution in [2.24, 2.45) is 11.8 Å². The van der Waals surface area contributed by atoms with E-state index in [1.807, 2.05) is 63.1 Å². The number of benzene rings is 2. The van der Waals surface area contributed by atoms with Crippen molar-refractivity contribution in [2.45, 2.75) is 96.8 Å². The number of aliphatic hydroxyl groups is 1. The maximum Gasteiger partial charge on any atom is 0.258 e. The minimum absolute atomic E-state index is 0.0698. The highest BCUT2D eigenvalue weighted by molar-refractivity contribution is 6.00. The Morgan fingerprint density at radius 1 is 1.02 bits per heavy atom. The molecular weight excluding hydrogens is 582 g/mol. The molecule has 2 aromatic rings. The number of fused-ring (bicyclic) bond motifs is 1. The average molecular weight is 636 g/mol. The van der Waals surface area contributed by atoms with Gasteiger partial charge in [0.2, 0.25) is 11.8 Å². The van der Waals surface area contributed by atoms with Crippen molar-refractivity contribution in [3.05, 3.63) is 59.7 Å². The number of carbonyl (C=O) groups is 3. The number of aliphatic hydroxyl groups excluding tert-OH is 1. The Kier molecular flexibility index (Phi) is 13.5. The van der Waals surface area contributed by atoms with E-state index in [9.17, 15) is 19.5 Å². The number of ether oxygens (including phenoxy) is 2. The lowest BCUT2D eigenvalue weighted by molar-refractivity contribution is -0.138. The zero-order valence-corrected chi connectivity index (χ0v) is 28.1. The van der Waals surface area contributed by atoms with E-state index in [1.165, 1.54) is 6.42 Å². The third-order valence-corrected chi connectivity index (χ3v) is 9.33. The van der Waals surface area contributed by atoms with Crippen molar-refractivity contribution in [2.75, 3.05) is 38.7 Å². The molecule has 0 unspecified atom stereocenters. The summed E-state index contributed by atoms with van der Waals surface area (Å²) in [6.07, 6.45) is 7.58. The summed E-state index contributed by atoms with van der Waals surface area (Å²) in [7, 11) is 1.86. The second-order valence-corrected chi connectivity index (χ2v) is 13.3. The molecule has 1 aliphatic carbocycles. The fraction of sp³-hybridized carbons (Fsp3) is 0.595. The van der Waals surface area contributed by atoms with Crippen LogP contribution in [0.3, 0.4) is 0 Å². The lowest BCUT2D eigenvalue weighted by Crippen LogP contribution is -2.48. The van der Waals surface area contributed by atoms with Gasteiger partial charge in [0.15, 0.2) is 0 Å². The van der Waals surface area contributed by atoms with E-state index in [0.29, 0.717) is 36.7 Å². The minimum Gasteiger partial charge on any atom is -0.490 e. The van der Waals surface area contributed by atoms with Gasteiger partial charge >= 0.3 is 0 Å². The van der Waals surface area contributed by atoms with Crippen LogP contribution in [0, 0.1) is 11.8 Å². The molecule has 4 atom stereocenters. The molecule has 9 heteroatoms. The SMILES string of the molecule is C[C@@H]1CN([C@H](C)CO)C(=O)c2cc(NC(=O)Cc3ccccc3)ccc2O[C@@H](C)CCCCO[C@H]1CN(C)C(=O)C1CCCCC1. The molecule has 1 aliphatic heterocycles. The number of hydrogen-bond donors (Lipinski definition) is 2. The van der Waals surface area contributed by atoms with Gasteiger partial charge in [0.1, 0.15) is 5.75 Å². The van der Waals surface area contributed by atoms with E-state index in [0.717, 1.165) is 50.5 Å². The molecule has 4 rings (SSSR count). The molecule has 0 bridgehead atoms. The second-order valence-electron chi connectivity index (χ2n) is 13.3. The fourth-order valence-corrected chi connectivity index (χ4v) is 6.47. The van der Waals surface area contributed by atoms with Gasteiger partial charge in [-0.1, -0.05) is 56.5 Å². The van der Waals surface area contributed by atoms with Crippen LogP contribution >= 0.6 is 0 Å². The summed E-state index contributed by atoms with van der Waals surface area (Å²) in [6, 6.07) is 14.2. The van der Waals surface area contributed by atoms with Crippen molar-refractivity contribution in [1.82, 2.24) is 9.80 Å². The van der Waals surface area contributed by atoms with Gasteiger partial charge in [-0.15, -0.1) is 0 Å². The highest BCUT2D eigenvalue weighted by Gasteiger charge is 2.32. The molecule has 0 spiro atoms. The number of rotatable bonds is 8. The number of nitrogens with zero attached hydrogens (tertiary/aromatic N) is 2. The molecule has 252 valence electrons. The van der Waals surface area contributed by atoms with Crippen LogP contribution in [-0.2, 0) is 20.7 Å². The predicted octanol–water partition coefficient (Wildman–Crippen LogP) is 5.70. The van der Waals surface area contributed by atoms with Crippen LogP contribution in [0.15, 0.2) is 48.5 Å². The Morgan fingerprint density at radius 3 is 2.46 bits per heavy atom. The van der Waals surface area contributed by atoms with E-state index in [2.05, 4.69) is 5.32 Å². The van der Waals surface area contributed by atoms with E-state index in [-0.39, 0.29) is 54.8 Å². The lowest BCUT2D eigenvalue weighted by atomic mass is 9.88. The number of likely N-dealkylation sites (N-methyl/N-ethyl adjacent to an activating group) is 1. The quantitative estimate of drug-likeness (QED) is 0.385. The Labute approximate surface area is 274 Å². The van der Waals surface area contributed by atoms with Crippen molar-refractivity contribution in [1.29, 1.82) is 0 Å². The van der Waals surface area contributed by atoms with Crippen molar-refractivity contribution >= 4 is 23.4 Å². The Balaban J connectivity index is 1.58. The standard InChI is InChI=1S/C37H53N3O6/c1-26-23-40(27(2)25-41)37(44)32-22-31(38-35(42)21-29-14-7-5-8-15-29)18-19-33(32)46-28(3)13-11-12-20-45-34(26)24-39(4)36(43)30-16-9-6-10-17-30/h5,7-8,14-15,18-19,22,26-28,30,34,41H,6,9-13,16-17,20-21,23-25H2,1-4H3,(H,38,42)/t26-,27-,28+,34+/m1/s1. The van der Waals surface area contributed by atoms with E-state index >= 15 is 0 Å². The largest absolute Gasteiger partial charge is 0.490 e. The minimum atomic E-state index is -0.480. The number of carbonyl (C=O) groups excluding carboxylic acids is 3. The molecular formula is C37H53N3O6. The van der Waals surface area contributed by atoms with Crippen LogP contribution in [0.4, 0.5) is 5.69 Å². The van der Waals surface area contributed by atoms with Crippen LogP contribution < -0.4 is 10.1 Å². The molecule has 1 heterocycles. The monoisotopic (exact) mass is 635 g/mol. The summed E-state index contributed by atoms with van der Waals surface area (Å²) in [5.41, 5.74) is 1.72. The first-order chi connectivity index (χ1) is 22.2. The van der Waals surface area contributed by atoms with Gasteiger partial charge in [0, 0.05) is 44.3 Å². The summed E-state index contributed by atoms with van der Waals surface area (Å²) in [5, 5.41) is 13.2. The molecule has 0 saturated heterocycles. The predicted molar refractivity (Wildman–Crippen MR) is 180 cm³/mol. The van der Waals surface area contributed by atoms with Crippen LogP contribution in [0.2, 0.25) is 0 Å². The highest BCUT2D eigenvalue weighted by atomic mass is 16.5. The zero-order chi connectivity index (χ0) is 33.1.